The highest BCUT2D eigenvalue weighted by atomic mass is 19.3. The van der Waals surface area contributed by atoms with E-state index in [9.17, 15) is 13.6 Å². The van der Waals surface area contributed by atoms with E-state index in [2.05, 4.69) is 20.3 Å². The van der Waals surface area contributed by atoms with Gasteiger partial charge in [-0.3, -0.25) is 9.20 Å². The summed E-state index contributed by atoms with van der Waals surface area (Å²) in [5, 5.41) is 10.8. The van der Waals surface area contributed by atoms with Gasteiger partial charge in [0.1, 0.15) is 5.75 Å². The molecular weight excluding hydrogens is 318 g/mol. The smallest absolute Gasteiger partial charge is 0.387 e. The molecule has 3 rings (SSSR count). The van der Waals surface area contributed by atoms with Crippen molar-refractivity contribution in [2.75, 3.05) is 0 Å². The Bertz CT molecular complexity index is 833. The lowest BCUT2D eigenvalue weighted by molar-refractivity contribution is -0.120. The predicted molar refractivity (Wildman–Crippen MR) is 81.6 cm³/mol. The summed E-state index contributed by atoms with van der Waals surface area (Å²) in [7, 11) is 0. The van der Waals surface area contributed by atoms with Gasteiger partial charge >= 0.3 is 6.61 Å². The lowest BCUT2D eigenvalue weighted by Gasteiger charge is -2.06. The van der Waals surface area contributed by atoms with Crippen molar-refractivity contribution in [3.63, 3.8) is 0 Å². The molecule has 0 bridgehead atoms. The number of nitrogens with one attached hydrogen (secondary N) is 1. The summed E-state index contributed by atoms with van der Waals surface area (Å²) in [6.07, 6.45) is 1.95. The van der Waals surface area contributed by atoms with Crippen LogP contribution in [0.5, 0.6) is 5.75 Å². The Hall–Kier alpha value is -3.03. The van der Waals surface area contributed by atoms with Crippen LogP contribution >= 0.6 is 0 Å². The van der Waals surface area contributed by atoms with Crippen molar-refractivity contribution >= 4 is 11.6 Å². The predicted octanol–water partition coefficient (Wildman–Crippen LogP) is 2.19. The number of carbonyl (C=O) groups excluding carboxylic acids is 1. The number of carbonyl (C=O) groups is 1. The van der Waals surface area contributed by atoms with E-state index in [1.165, 1.54) is 12.1 Å². The maximum atomic E-state index is 12.1. The number of pyridine rings is 1. The highest BCUT2D eigenvalue weighted by Crippen LogP contribution is 2.15. The topological polar surface area (TPSA) is 68.5 Å². The minimum atomic E-state index is -2.86. The Labute approximate surface area is 136 Å². The molecule has 0 aliphatic rings. The first kappa shape index (κ1) is 15.9. The van der Waals surface area contributed by atoms with Crippen molar-refractivity contribution < 1.29 is 18.3 Å². The van der Waals surface area contributed by atoms with Crippen LogP contribution in [0, 0.1) is 0 Å². The molecule has 3 aromatic rings. The fourth-order valence-electron chi connectivity index (χ4n) is 2.23. The van der Waals surface area contributed by atoms with E-state index in [1.807, 2.05) is 24.4 Å². The van der Waals surface area contributed by atoms with Crippen molar-refractivity contribution in [3.05, 3.63) is 60.0 Å². The zero-order valence-corrected chi connectivity index (χ0v) is 12.5. The first-order chi connectivity index (χ1) is 11.6. The van der Waals surface area contributed by atoms with E-state index < -0.39 is 6.61 Å². The van der Waals surface area contributed by atoms with Gasteiger partial charge in [0.25, 0.3) is 0 Å². The number of aromatic nitrogens is 3. The zero-order chi connectivity index (χ0) is 16.9. The van der Waals surface area contributed by atoms with Crippen molar-refractivity contribution in [2.45, 2.75) is 19.6 Å². The molecule has 0 atom stereocenters. The van der Waals surface area contributed by atoms with Crippen LogP contribution in [0.15, 0.2) is 48.7 Å². The van der Waals surface area contributed by atoms with Crippen LogP contribution in [0.3, 0.4) is 0 Å². The number of hydrogen-bond acceptors (Lipinski definition) is 4. The average molecular weight is 332 g/mol. The van der Waals surface area contributed by atoms with Gasteiger partial charge in [-0.05, 0) is 29.8 Å². The monoisotopic (exact) mass is 332 g/mol. The largest absolute Gasteiger partial charge is 0.435 e. The van der Waals surface area contributed by atoms with E-state index in [0.29, 0.717) is 17.0 Å². The Kier molecular flexibility index (Phi) is 4.64. The van der Waals surface area contributed by atoms with E-state index in [-0.39, 0.29) is 24.6 Å². The molecule has 2 aromatic heterocycles. The summed E-state index contributed by atoms with van der Waals surface area (Å²) < 4.78 is 30.2. The number of ether oxygens (including phenoxy) is 1. The van der Waals surface area contributed by atoms with Crippen LogP contribution in [-0.4, -0.2) is 27.1 Å². The molecule has 6 nitrogen and oxygen atoms in total. The number of rotatable bonds is 6. The fraction of sp³-hybridized carbons (Fsp3) is 0.188. The molecule has 0 fully saturated rings. The third-order valence-corrected chi connectivity index (χ3v) is 3.34. The molecule has 0 radical (unpaired) electrons. The average Bonchev–Trinajstić information content (AvgIpc) is 2.98. The molecule has 0 saturated heterocycles. The molecule has 1 aromatic carbocycles. The van der Waals surface area contributed by atoms with Gasteiger partial charge in [0.2, 0.25) is 5.91 Å². The number of nitrogens with zero attached hydrogens (tertiary/aromatic N) is 3. The molecule has 1 N–H and O–H groups in total. The van der Waals surface area contributed by atoms with Gasteiger partial charge in [-0.25, -0.2) is 0 Å². The molecule has 0 aliphatic carbocycles. The first-order valence-electron chi connectivity index (χ1n) is 7.21. The van der Waals surface area contributed by atoms with Crippen LogP contribution in [-0.2, 0) is 17.8 Å². The summed E-state index contributed by atoms with van der Waals surface area (Å²) in [6, 6.07) is 11.5. The Morgan fingerprint density at radius 1 is 1.17 bits per heavy atom. The van der Waals surface area contributed by atoms with Crippen molar-refractivity contribution in [1.82, 2.24) is 19.9 Å². The van der Waals surface area contributed by atoms with Crippen LogP contribution in [0.2, 0.25) is 0 Å². The minimum Gasteiger partial charge on any atom is -0.435 e. The lowest BCUT2D eigenvalue weighted by Crippen LogP contribution is -2.25. The third kappa shape index (κ3) is 3.83. The first-order valence-corrected chi connectivity index (χ1v) is 7.21. The highest BCUT2D eigenvalue weighted by molar-refractivity contribution is 5.78. The second-order valence-corrected chi connectivity index (χ2v) is 5.02. The summed E-state index contributed by atoms with van der Waals surface area (Å²) in [5.41, 5.74) is 1.40. The number of fused-ring (bicyclic) bond motifs is 1. The minimum absolute atomic E-state index is 0.0593. The lowest BCUT2D eigenvalue weighted by atomic mass is 10.1. The van der Waals surface area contributed by atoms with E-state index in [0.717, 1.165) is 0 Å². The number of benzene rings is 1. The molecular formula is C16H14F2N4O2. The van der Waals surface area contributed by atoms with Gasteiger partial charge in [-0.1, -0.05) is 18.2 Å². The zero-order valence-electron chi connectivity index (χ0n) is 12.5. The van der Waals surface area contributed by atoms with Gasteiger partial charge in [0, 0.05) is 6.20 Å². The van der Waals surface area contributed by atoms with E-state index in [1.54, 1.807) is 16.5 Å². The molecule has 24 heavy (non-hydrogen) atoms. The van der Waals surface area contributed by atoms with Crippen LogP contribution in [0.4, 0.5) is 8.78 Å². The van der Waals surface area contributed by atoms with Gasteiger partial charge in [0.15, 0.2) is 11.5 Å². The summed E-state index contributed by atoms with van der Waals surface area (Å²) in [4.78, 5) is 12.0. The number of alkyl halides is 2. The van der Waals surface area contributed by atoms with Gasteiger partial charge in [-0.15, -0.1) is 10.2 Å². The number of amides is 1. The molecule has 0 saturated carbocycles. The van der Waals surface area contributed by atoms with E-state index in [4.69, 9.17) is 0 Å². The summed E-state index contributed by atoms with van der Waals surface area (Å²) in [6.45, 7) is -2.62. The molecule has 0 unspecified atom stereocenters. The SMILES string of the molecule is O=C(Cc1ccc(OC(F)F)cc1)NCc1nnc2ccccn12. The van der Waals surface area contributed by atoms with Crippen LogP contribution in [0.25, 0.3) is 5.65 Å². The van der Waals surface area contributed by atoms with Gasteiger partial charge in [0.05, 0.1) is 13.0 Å². The van der Waals surface area contributed by atoms with Crippen molar-refractivity contribution in [1.29, 1.82) is 0 Å². The molecule has 0 spiro atoms. The highest BCUT2D eigenvalue weighted by Gasteiger charge is 2.09. The standard InChI is InChI=1S/C16H14F2N4O2/c17-16(18)24-12-6-4-11(5-7-12)9-15(23)19-10-14-21-20-13-3-1-2-8-22(13)14/h1-8,16H,9-10H2,(H,19,23). The normalized spacial score (nSPS) is 11.0. The number of halogens is 2. The van der Waals surface area contributed by atoms with Gasteiger partial charge < -0.3 is 10.1 Å². The van der Waals surface area contributed by atoms with Crippen LogP contribution in [0.1, 0.15) is 11.4 Å². The van der Waals surface area contributed by atoms with Crippen molar-refractivity contribution in [2.24, 2.45) is 0 Å². The summed E-state index contributed by atoms with van der Waals surface area (Å²) >= 11 is 0. The second kappa shape index (κ2) is 7.03. The maximum absolute atomic E-state index is 12.1. The maximum Gasteiger partial charge on any atom is 0.387 e. The third-order valence-electron chi connectivity index (χ3n) is 3.34. The summed E-state index contributed by atoms with van der Waals surface area (Å²) in [5.74, 6) is 0.480. The molecule has 2 heterocycles. The second-order valence-electron chi connectivity index (χ2n) is 5.02. The molecule has 8 heteroatoms. The Morgan fingerprint density at radius 2 is 1.96 bits per heavy atom. The fourth-order valence-corrected chi connectivity index (χ4v) is 2.23. The Balaban J connectivity index is 1.56. The van der Waals surface area contributed by atoms with Crippen LogP contribution < -0.4 is 10.1 Å². The molecule has 124 valence electrons. The van der Waals surface area contributed by atoms with Gasteiger partial charge in [-0.2, -0.15) is 8.78 Å². The number of hydrogen-bond donors (Lipinski definition) is 1. The Morgan fingerprint density at radius 3 is 2.71 bits per heavy atom. The molecule has 0 aliphatic heterocycles. The van der Waals surface area contributed by atoms with E-state index >= 15 is 0 Å². The molecule has 1 amide bonds. The van der Waals surface area contributed by atoms with Crippen molar-refractivity contribution in [3.8, 4) is 5.75 Å². The quantitative estimate of drug-likeness (QED) is 0.751.